The highest BCUT2D eigenvalue weighted by Gasteiger charge is 2.78. The van der Waals surface area contributed by atoms with Crippen molar-refractivity contribution in [2.75, 3.05) is 6.54 Å². The second-order valence-electron chi connectivity index (χ2n) is 12.2. The van der Waals surface area contributed by atoms with Gasteiger partial charge in [0.15, 0.2) is 11.5 Å². The van der Waals surface area contributed by atoms with Crippen LogP contribution in [0.5, 0.6) is 0 Å². The maximum absolute atomic E-state index is 12.0. The van der Waals surface area contributed by atoms with Crippen molar-refractivity contribution in [2.24, 2.45) is 40.4 Å². The van der Waals surface area contributed by atoms with E-state index in [-0.39, 0.29) is 16.9 Å². The van der Waals surface area contributed by atoms with Gasteiger partial charge in [0, 0.05) is 23.9 Å². The van der Waals surface area contributed by atoms with Crippen LogP contribution in [0.25, 0.3) is 0 Å². The lowest BCUT2D eigenvalue weighted by Gasteiger charge is -2.53. The van der Waals surface area contributed by atoms with E-state index in [0.717, 1.165) is 24.2 Å². The molecule has 0 bridgehead atoms. The molecule has 2 saturated carbocycles. The van der Waals surface area contributed by atoms with Crippen LogP contribution in [0.3, 0.4) is 0 Å². The summed E-state index contributed by atoms with van der Waals surface area (Å²) in [5.74, 6) is 3.78. The van der Waals surface area contributed by atoms with Gasteiger partial charge in [-0.3, -0.25) is 9.69 Å². The molecule has 30 heavy (non-hydrogen) atoms. The molecule has 7 aliphatic rings. The number of allylic oxidation sites excluding steroid dienone is 6. The van der Waals surface area contributed by atoms with Crippen LogP contribution < -0.4 is 0 Å². The van der Waals surface area contributed by atoms with Gasteiger partial charge in [-0.05, 0) is 80.3 Å². The van der Waals surface area contributed by atoms with Crippen molar-refractivity contribution in [3.05, 3.63) is 35.5 Å². The number of carbonyl (C=O) groups is 1. The summed E-state index contributed by atoms with van der Waals surface area (Å²) in [5, 5.41) is 0. The van der Waals surface area contributed by atoms with Crippen LogP contribution in [-0.2, 0) is 9.53 Å². The fraction of sp³-hybridized carbons (Fsp3) is 0.741. The fourth-order valence-electron chi connectivity index (χ4n) is 9.70. The molecule has 0 N–H and O–H groups in total. The zero-order chi connectivity index (χ0) is 20.6. The van der Waals surface area contributed by atoms with E-state index in [0.29, 0.717) is 29.4 Å². The Balaban J connectivity index is 1.28. The highest BCUT2D eigenvalue weighted by molar-refractivity contribution is 6.01. The quantitative estimate of drug-likeness (QED) is 0.425. The first kappa shape index (κ1) is 18.4. The SMILES string of the molecule is CC1[C@H]2[C@H](C[C@H]3[C@@H]4CCC5=CC(=O)C=C[C@]5(C)C4=CC[C@@]32C)N2C[C@@H](C)C[C@H]3OC132. The van der Waals surface area contributed by atoms with E-state index in [9.17, 15) is 4.79 Å². The van der Waals surface area contributed by atoms with Crippen LogP contribution in [0.2, 0.25) is 0 Å². The number of epoxide rings is 1. The maximum atomic E-state index is 12.0. The topological polar surface area (TPSA) is 32.8 Å². The van der Waals surface area contributed by atoms with Crippen molar-refractivity contribution in [1.82, 2.24) is 4.90 Å². The number of ketones is 1. The summed E-state index contributed by atoms with van der Waals surface area (Å²) in [6.07, 6.45) is 15.2. The molecule has 0 aromatic rings. The van der Waals surface area contributed by atoms with Crippen LogP contribution in [-0.4, -0.2) is 35.1 Å². The van der Waals surface area contributed by atoms with Crippen molar-refractivity contribution in [2.45, 2.75) is 77.7 Å². The molecule has 0 aromatic heterocycles. The minimum Gasteiger partial charge on any atom is -0.350 e. The Labute approximate surface area is 180 Å². The van der Waals surface area contributed by atoms with Crippen LogP contribution in [0, 0.1) is 40.4 Å². The number of rotatable bonds is 0. The van der Waals surface area contributed by atoms with Gasteiger partial charge in [-0.25, -0.2) is 0 Å². The van der Waals surface area contributed by atoms with Crippen molar-refractivity contribution >= 4 is 5.78 Å². The first-order valence-electron chi connectivity index (χ1n) is 12.4. The summed E-state index contributed by atoms with van der Waals surface area (Å²) >= 11 is 0. The number of carbonyl (C=O) groups excluding carboxylic acids is 1. The number of hydrogen-bond donors (Lipinski definition) is 0. The summed E-state index contributed by atoms with van der Waals surface area (Å²) in [6, 6.07) is 0.698. The minimum atomic E-state index is -0.0208. The molecule has 3 heteroatoms. The van der Waals surface area contributed by atoms with Crippen molar-refractivity contribution in [3.63, 3.8) is 0 Å². The van der Waals surface area contributed by atoms with Gasteiger partial charge >= 0.3 is 0 Å². The van der Waals surface area contributed by atoms with Crippen LogP contribution >= 0.6 is 0 Å². The van der Waals surface area contributed by atoms with Crippen molar-refractivity contribution in [1.29, 1.82) is 0 Å². The van der Waals surface area contributed by atoms with E-state index in [1.165, 1.54) is 37.8 Å². The number of piperidine rings is 1. The lowest BCUT2D eigenvalue weighted by molar-refractivity contribution is -0.110. The second-order valence-corrected chi connectivity index (χ2v) is 12.2. The average molecular weight is 406 g/mol. The Bertz CT molecular complexity index is 947. The lowest BCUT2D eigenvalue weighted by atomic mass is 9.51. The molecule has 10 atom stereocenters. The Morgan fingerprint density at radius 1 is 1.20 bits per heavy atom. The first-order valence-corrected chi connectivity index (χ1v) is 12.4. The van der Waals surface area contributed by atoms with Gasteiger partial charge < -0.3 is 4.74 Å². The minimum absolute atomic E-state index is 0.0208. The molecule has 0 aromatic carbocycles. The smallest absolute Gasteiger partial charge is 0.178 e. The van der Waals surface area contributed by atoms with E-state index in [1.807, 2.05) is 12.2 Å². The zero-order valence-electron chi connectivity index (χ0n) is 18.9. The predicted molar refractivity (Wildman–Crippen MR) is 117 cm³/mol. The molecule has 4 aliphatic carbocycles. The third-order valence-corrected chi connectivity index (χ3v) is 11.0. The number of fused-ring (bicyclic) bond motifs is 8. The lowest BCUT2D eigenvalue weighted by Crippen LogP contribution is -2.49. The Hall–Kier alpha value is -1.19. The second kappa shape index (κ2) is 5.41. The molecule has 0 amide bonds. The summed E-state index contributed by atoms with van der Waals surface area (Å²) in [7, 11) is 0. The van der Waals surface area contributed by atoms with Gasteiger partial charge in [-0.1, -0.05) is 44.1 Å². The molecule has 3 nitrogen and oxygen atoms in total. The van der Waals surface area contributed by atoms with E-state index in [1.54, 1.807) is 5.57 Å². The summed E-state index contributed by atoms with van der Waals surface area (Å²) in [5.41, 5.74) is 3.43. The van der Waals surface area contributed by atoms with Crippen LogP contribution in [0.1, 0.15) is 59.8 Å². The normalized spacial score (nSPS) is 58.0. The average Bonchev–Trinajstić information content (AvgIpc) is 3.28. The number of nitrogens with zero attached hydrogens (tertiary/aromatic N) is 1. The Morgan fingerprint density at radius 3 is 2.87 bits per heavy atom. The summed E-state index contributed by atoms with van der Waals surface area (Å²) in [6.45, 7) is 11.1. The number of ether oxygens (including phenoxy) is 1. The van der Waals surface area contributed by atoms with Gasteiger partial charge in [0.25, 0.3) is 0 Å². The third kappa shape index (κ3) is 1.91. The molecule has 3 saturated heterocycles. The molecule has 160 valence electrons. The molecule has 1 spiro atoms. The molecule has 3 heterocycles. The monoisotopic (exact) mass is 405 g/mol. The van der Waals surface area contributed by atoms with Crippen molar-refractivity contribution in [3.8, 4) is 0 Å². The van der Waals surface area contributed by atoms with Crippen LogP contribution in [0.4, 0.5) is 0 Å². The summed E-state index contributed by atoms with van der Waals surface area (Å²) < 4.78 is 6.50. The maximum Gasteiger partial charge on any atom is 0.178 e. The standard InChI is InChI=1S/C27H35NO2/c1-15-11-23-27(30-23)16(2)24-22(28(27)14-15)13-21-19-6-5-17-12-18(29)7-9-25(17,3)20(19)8-10-26(21,24)4/h7-9,12,15-16,19,21-24H,5-6,10-11,13-14H2,1-4H3/t15-,16?,19+,21-,22-,23+,24-,25-,26-,27?/m0/s1. The molecule has 2 unspecified atom stereocenters. The van der Waals surface area contributed by atoms with Gasteiger partial charge in [0.05, 0.1) is 0 Å². The highest BCUT2D eigenvalue weighted by atomic mass is 16.6. The van der Waals surface area contributed by atoms with E-state index < -0.39 is 0 Å². The summed E-state index contributed by atoms with van der Waals surface area (Å²) in [4.78, 5) is 14.9. The molecule has 5 fully saturated rings. The van der Waals surface area contributed by atoms with E-state index >= 15 is 0 Å². The van der Waals surface area contributed by atoms with Gasteiger partial charge in [-0.15, -0.1) is 0 Å². The Kier molecular flexibility index (Phi) is 3.31. The molecule has 0 radical (unpaired) electrons. The van der Waals surface area contributed by atoms with Gasteiger partial charge in [-0.2, -0.15) is 0 Å². The van der Waals surface area contributed by atoms with Crippen molar-refractivity contribution < 1.29 is 9.53 Å². The van der Waals surface area contributed by atoms with E-state index in [4.69, 9.17) is 4.74 Å². The molecule has 3 aliphatic heterocycles. The molecular formula is C27H35NO2. The van der Waals surface area contributed by atoms with Crippen LogP contribution in [0.15, 0.2) is 35.5 Å². The fourth-order valence-corrected chi connectivity index (χ4v) is 9.70. The first-order chi connectivity index (χ1) is 14.3. The molecular weight excluding hydrogens is 370 g/mol. The zero-order valence-corrected chi connectivity index (χ0v) is 18.9. The predicted octanol–water partition coefficient (Wildman–Crippen LogP) is 4.90. The number of hydrogen-bond acceptors (Lipinski definition) is 3. The molecule has 7 rings (SSSR count). The van der Waals surface area contributed by atoms with Gasteiger partial charge in [0.1, 0.15) is 6.10 Å². The van der Waals surface area contributed by atoms with Gasteiger partial charge in [0.2, 0.25) is 0 Å². The largest absolute Gasteiger partial charge is 0.350 e. The highest BCUT2D eigenvalue weighted by Crippen LogP contribution is 2.72. The Morgan fingerprint density at radius 2 is 2.03 bits per heavy atom. The van der Waals surface area contributed by atoms with E-state index in [2.05, 4.69) is 44.7 Å². The third-order valence-electron chi connectivity index (χ3n) is 11.0.